The van der Waals surface area contributed by atoms with Crippen LogP contribution in [0, 0.1) is 12.8 Å². The topological polar surface area (TPSA) is 79.7 Å². The summed E-state index contributed by atoms with van der Waals surface area (Å²) < 4.78 is 5.44. The van der Waals surface area contributed by atoms with Crippen molar-refractivity contribution < 1.29 is 19.4 Å². The monoisotopic (exact) mass is 462 g/mol. The van der Waals surface area contributed by atoms with Gasteiger partial charge in [0.25, 0.3) is 5.91 Å². The molecule has 4 rings (SSSR count). The maximum atomic E-state index is 13.3. The molecule has 0 bridgehead atoms. The van der Waals surface area contributed by atoms with Crippen LogP contribution < -0.4 is 9.64 Å². The molecule has 7 heteroatoms. The molecule has 0 saturated carbocycles. The Kier molecular flexibility index (Phi) is 6.33. The molecule has 1 N–H and O–H groups in total. The molecule has 1 atom stereocenters. The number of ketones is 1. The largest absolute Gasteiger partial charge is 0.503 e. The van der Waals surface area contributed by atoms with Crippen molar-refractivity contribution in [2.75, 3.05) is 12.0 Å². The maximum absolute atomic E-state index is 13.3. The van der Waals surface area contributed by atoms with Gasteiger partial charge in [0.15, 0.2) is 11.5 Å². The van der Waals surface area contributed by atoms with Gasteiger partial charge in [-0.15, -0.1) is 11.3 Å². The van der Waals surface area contributed by atoms with Gasteiger partial charge in [-0.05, 0) is 54.8 Å². The summed E-state index contributed by atoms with van der Waals surface area (Å²) >= 11 is 1.69. The van der Waals surface area contributed by atoms with Gasteiger partial charge in [0.1, 0.15) is 6.04 Å². The van der Waals surface area contributed by atoms with Gasteiger partial charge < -0.3 is 9.84 Å². The van der Waals surface area contributed by atoms with Crippen molar-refractivity contribution in [3.63, 3.8) is 0 Å². The third kappa shape index (κ3) is 4.28. The molecule has 0 radical (unpaired) electrons. The first-order valence-electron chi connectivity index (χ1n) is 10.8. The molecule has 0 fully saturated rings. The van der Waals surface area contributed by atoms with Crippen molar-refractivity contribution in [3.8, 4) is 16.3 Å². The van der Waals surface area contributed by atoms with Gasteiger partial charge in [-0.25, -0.2) is 4.98 Å². The molecule has 1 aliphatic rings. The average Bonchev–Trinajstić information content (AvgIpc) is 3.34. The van der Waals surface area contributed by atoms with Gasteiger partial charge in [-0.1, -0.05) is 26.0 Å². The van der Waals surface area contributed by atoms with Crippen LogP contribution in [0.15, 0.2) is 66.1 Å². The minimum atomic E-state index is -0.831. The molecule has 0 saturated heterocycles. The Bertz CT molecular complexity index is 1230. The first-order valence-corrected chi connectivity index (χ1v) is 11.6. The molecule has 0 aliphatic carbocycles. The van der Waals surface area contributed by atoms with E-state index in [1.54, 1.807) is 29.7 Å². The summed E-state index contributed by atoms with van der Waals surface area (Å²) in [6.45, 7) is 5.91. The van der Waals surface area contributed by atoms with Gasteiger partial charge in [0.05, 0.1) is 12.7 Å². The highest BCUT2D eigenvalue weighted by Gasteiger charge is 2.45. The van der Waals surface area contributed by atoms with Crippen LogP contribution in [0.2, 0.25) is 0 Å². The van der Waals surface area contributed by atoms with E-state index in [4.69, 9.17) is 4.74 Å². The number of aryl methyl sites for hydroxylation is 1. The van der Waals surface area contributed by atoms with Crippen molar-refractivity contribution in [2.45, 2.75) is 33.2 Å². The van der Waals surface area contributed by atoms with E-state index >= 15 is 0 Å². The number of Topliss-reactive ketones (excluding diaryl/α,β-unsaturated/α-hetero) is 1. The number of benzene rings is 1. The number of aliphatic hydroxyl groups is 1. The van der Waals surface area contributed by atoms with Gasteiger partial charge in [0.2, 0.25) is 5.88 Å². The lowest BCUT2D eigenvalue weighted by atomic mass is 9.92. The molecule has 170 valence electrons. The van der Waals surface area contributed by atoms with Crippen molar-refractivity contribution in [1.29, 1.82) is 0 Å². The number of hydrogen-bond acceptors (Lipinski definition) is 6. The standard InChI is InChI=1S/C26H26N2O4S/c1-15(2)14-20(29)22-23(19-6-5-13-27-25(19)32-4)28(26(31)24(22)30)18-10-8-17(9-11-18)21-12-7-16(3)33-21/h5-13,15,23,30H,14H2,1-4H3. The summed E-state index contributed by atoms with van der Waals surface area (Å²) in [5.41, 5.74) is 2.24. The van der Waals surface area contributed by atoms with Crippen LogP contribution in [0.25, 0.3) is 10.4 Å². The van der Waals surface area contributed by atoms with E-state index in [1.165, 1.54) is 16.9 Å². The van der Waals surface area contributed by atoms with Crippen molar-refractivity contribution in [2.24, 2.45) is 5.92 Å². The van der Waals surface area contributed by atoms with Gasteiger partial charge in [0, 0.05) is 33.6 Å². The molecular formula is C26H26N2O4S. The SMILES string of the molecule is COc1ncccc1C1C(C(=O)CC(C)C)=C(O)C(=O)N1c1ccc(-c2ccc(C)s2)cc1. The number of thiophene rings is 1. The van der Waals surface area contributed by atoms with Crippen molar-refractivity contribution >= 4 is 28.7 Å². The molecule has 33 heavy (non-hydrogen) atoms. The van der Waals surface area contributed by atoms with E-state index in [2.05, 4.69) is 24.0 Å². The molecule has 1 amide bonds. The van der Waals surface area contributed by atoms with Gasteiger partial charge in [-0.2, -0.15) is 0 Å². The third-order valence-corrected chi connectivity index (χ3v) is 6.61. The van der Waals surface area contributed by atoms with E-state index in [-0.39, 0.29) is 23.7 Å². The molecule has 3 heterocycles. The van der Waals surface area contributed by atoms with Crippen LogP contribution in [0.3, 0.4) is 0 Å². The fourth-order valence-corrected chi connectivity index (χ4v) is 4.96. The van der Waals surface area contributed by atoms with Crippen LogP contribution >= 0.6 is 11.3 Å². The number of methoxy groups -OCH3 is 1. The lowest BCUT2D eigenvalue weighted by molar-refractivity contribution is -0.118. The van der Waals surface area contributed by atoms with E-state index < -0.39 is 17.7 Å². The Morgan fingerprint density at radius 1 is 1.18 bits per heavy atom. The summed E-state index contributed by atoms with van der Waals surface area (Å²) in [4.78, 5) is 34.5. The fourth-order valence-electron chi connectivity index (χ4n) is 4.09. The van der Waals surface area contributed by atoms with Crippen LogP contribution in [0.5, 0.6) is 5.88 Å². The first kappa shape index (κ1) is 22.7. The lowest BCUT2D eigenvalue weighted by Crippen LogP contribution is -2.31. The van der Waals surface area contributed by atoms with Crippen LogP contribution in [0.4, 0.5) is 5.69 Å². The second kappa shape index (κ2) is 9.19. The molecule has 6 nitrogen and oxygen atoms in total. The first-order chi connectivity index (χ1) is 15.8. The third-order valence-electron chi connectivity index (χ3n) is 5.56. The number of carbonyl (C=O) groups is 2. The molecule has 3 aromatic rings. The molecule has 2 aromatic heterocycles. The van der Waals surface area contributed by atoms with E-state index in [9.17, 15) is 14.7 Å². The summed E-state index contributed by atoms with van der Waals surface area (Å²) in [7, 11) is 1.49. The predicted octanol–water partition coefficient (Wildman–Crippen LogP) is 5.64. The number of amides is 1. The second-order valence-corrected chi connectivity index (χ2v) is 9.71. The minimum Gasteiger partial charge on any atom is -0.503 e. The zero-order valence-corrected chi connectivity index (χ0v) is 19.8. The predicted molar refractivity (Wildman–Crippen MR) is 130 cm³/mol. The summed E-state index contributed by atoms with van der Waals surface area (Å²) in [5.74, 6) is -1.02. The fraction of sp³-hybridized carbons (Fsp3) is 0.269. The van der Waals surface area contributed by atoms with Crippen LogP contribution in [-0.2, 0) is 9.59 Å². The molecule has 1 aromatic carbocycles. The zero-order valence-electron chi connectivity index (χ0n) is 19.0. The molecular weight excluding hydrogens is 436 g/mol. The van der Waals surface area contributed by atoms with Gasteiger partial charge >= 0.3 is 0 Å². The molecule has 1 unspecified atom stereocenters. The van der Waals surface area contributed by atoms with Crippen molar-refractivity contribution in [3.05, 3.63) is 76.5 Å². The summed E-state index contributed by atoms with van der Waals surface area (Å²) in [6.07, 6.45) is 1.80. The lowest BCUT2D eigenvalue weighted by Gasteiger charge is -2.27. The Balaban J connectivity index is 1.81. The summed E-state index contributed by atoms with van der Waals surface area (Å²) in [6, 6.07) is 14.3. The highest BCUT2D eigenvalue weighted by atomic mass is 32.1. The zero-order chi connectivity index (χ0) is 23.7. The minimum absolute atomic E-state index is 0.0759. The Morgan fingerprint density at radius 2 is 1.91 bits per heavy atom. The number of aromatic nitrogens is 1. The average molecular weight is 463 g/mol. The number of carbonyl (C=O) groups excluding carboxylic acids is 2. The number of aliphatic hydroxyl groups excluding tert-OH is 1. The van der Waals surface area contributed by atoms with E-state index in [0.717, 1.165) is 10.4 Å². The van der Waals surface area contributed by atoms with Crippen LogP contribution in [-0.4, -0.2) is 28.9 Å². The normalized spacial score (nSPS) is 16.1. The second-order valence-electron chi connectivity index (χ2n) is 8.42. The number of hydrogen-bond donors (Lipinski definition) is 1. The molecule has 1 aliphatic heterocycles. The Hall–Kier alpha value is -3.45. The maximum Gasteiger partial charge on any atom is 0.294 e. The quantitative estimate of drug-likeness (QED) is 0.491. The van der Waals surface area contributed by atoms with E-state index in [0.29, 0.717) is 17.1 Å². The highest BCUT2D eigenvalue weighted by molar-refractivity contribution is 7.15. The smallest absolute Gasteiger partial charge is 0.294 e. The number of pyridine rings is 1. The summed E-state index contributed by atoms with van der Waals surface area (Å²) in [5, 5.41) is 10.8. The van der Waals surface area contributed by atoms with Crippen molar-refractivity contribution in [1.82, 2.24) is 4.98 Å². The van der Waals surface area contributed by atoms with Gasteiger partial charge in [-0.3, -0.25) is 14.5 Å². The number of rotatable bonds is 7. The highest BCUT2D eigenvalue weighted by Crippen LogP contribution is 2.44. The number of ether oxygens (including phenoxy) is 1. The molecule has 0 spiro atoms. The van der Waals surface area contributed by atoms with E-state index in [1.807, 2.05) is 38.1 Å². The number of nitrogens with zero attached hydrogens (tertiary/aromatic N) is 2. The number of anilines is 1. The Morgan fingerprint density at radius 3 is 2.52 bits per heavy atom. The van der Waals surface area contributed by atoms with Crippen LogP contribution in [0.1, 0.15) is 36.8 Å². The Labute approximate surface area is 197 Å².